The highest BCUT2D eigenvalue weighted by Gasteiger charge is 2.15. The zero-order chi connectivity index (χ0) is 18.4. The largest absolute Gasteiger partial charge is 0.429 e. The van der Waals surface area contributed by atoms with Crippen molar-refractivity contribution < 1.29 is 27.8 Å². The highest BCUT2D eigenvalue weighted by Crippen LogP contribution is 2.30. The number of allylic oxidation sites excluding steroid dienone is 5. The van der Waals surface area contributed by atoms with Gasteiger partial charge >= 0.3 is 5.97 Å². The average Bonchev–Trinajstić information content (AvgIpc) is 2.54. The first-order valence-corrected chi connectivity index (χ1v) is 7.47. The van der Waals surface area contributed by atoms with Gasteiger partial charge in [0.25, 0.3) is 6.47 Å². The van der Waals surface area contributed by atoms with E-state index in [0.29, 0.717) is 0 Å². The van der Waals surface area contributed by atoms with Crippen molar-refractivity contribution in [3.8, 4) is 5.75 Å². The molecule has 1 aromatic carbocycles. The second-order valence-electron chi connectivity index (χ2n) is 5.32. The number of hydrogen-bond acceptors (Lipinski definition) is 4. The van der Waals surface area contributed by atoms with Crippen molar-refractivity contribution in [2.45, 2.75) is 19.8 Å². The molecule has 4 nitrogen and oxygen atoms in total. The van der Waals surface area contributed by atoms with Gasteiger partial charge in [-0.25, -0.2) is 13.6 Å². The van der Waals surface area contributed by atoms with Gasteiger partial charge in [0.15, 0.2) is 0 Å². The summed E-state index contributed by atoms with van der Waals surface area (Å²) in [6, 6.07) is 3.67. The molecule has 6 heteroatoms. The summed E-state index contributed by atoms with van der Waals surface area (Å²) in [5.74, 6) is -1.58. The van der Waals surface area contributed by atoms with Crippen molar-refractivity contribution >= 4 is 18.0 Å². The van der Waals surface area contributed by atoms with Crippen LogP contribution in [0.5, 0.6) is 5.75 Å². The Labute approximate surface area is 143 Å². The van der Waals surface area contributed by atoms with Crippen LogP contribution in [-0.4, -0.2) is 12.4 Å². The van der Waals surface area contributed by atoms with Crippen molar-refractivity contribution in [3.05, 3.63) is 71.5 Å². The van der Waals surface area contributed by atoms with Crippen LogP contribution in [0.4, 0.5) is 8.78 Å². The third kappa shape index (κ3) is 4.73. The van der Waals surface area contributed by atoms with Crippen LogP contribution in [0.1, 0.15) is 25.3 Å². The molecule has 0 spiro atoms. The third-order valence-corrected chi connectivity index (χ3v) is 3.39. The van der Waals surface area contributed by atoms with E-state index in [2.05, 4.69) is 11.3 Å². The third-order valence-electron chi connectivity index (χ3n) is 3.39. The van der Waals surface area contributed by atoms with Crippen LogP contribution in [-0.2, 0) is 14.3 Å². The number of halogens is 2. The lowest BCUT2D eigenvalue weighted by Crippen LogP contribution is -2.04. The molecule has 1 aromatic rings. The van der Waals surface area contributed by atoms with Gasteiger partial charge in [-0.1, -0.05) is 6.58 Å². The van der Waals surface area contributed by atoms with E-state index >= 15 is 0 Å². The number of carbonyl (C=O) groups is 2. The maximum absolute atomic E-state index is 14.3. The van der Waals surface area contributed by atoms with Crippen LogP contribution >= 0.6 is 0 Å². The summed E-state index contributed by atoms with van der Waals surface area (Å²) in [6.07, 6.45) is 4.62. The predicted molar refractivity (Wildman–Crippen MR) is 88.5 cm³/mol. The Morgan fingerprint density at radius 2 is 2.04 bits per heavy atom. The predicted octanol–water partition coefficient (Wildman–Crippen LogP) is 4.39. The van der Waals surface area contributed by atoms with Crippen molar-refractivity contribution in [2.24, 2.45) is 0 Å². The molecule has 130 valence electrons. The molecular weight excluding hydrogens is 330 g/mol. The highest BCUT2D eigenvalue weighted by molar-refractivity contribution is 5.88. The summed E-state index contributed by atoms with van der Waals surface area (Å²) in [5.41, 5.74) is 0.279. The highest BCUT2D eigenvalue weighted by atomic mass is 19.1. The molecule has 0 aromatic heterocycles. The Kier molecular flexibility index (Phi) is 6.00. The number of rotatable bonds is 5. The van der Waals surface area contributed by atoms with Gasteiger partial charge in [0.2, 0.25) is 0 Å². The summed E-state index contributed by atoms with van der Waals surface area (Å²) >= 11 is 0. The second-order valence-corrected chi connectivity index (χ2v) is 5.32. The van der Waals surface area contributed by atoms with Gasteiger partial charge in [-0.15, -0.1) is 0 Å². The maximum atomic E-state index is 14.3. The van der Waals surface area contributed by atoms with Crippen molar-refractivity contribution in [1.82, 2.24) is 0 Å². The number of carbonyl (C=O) groups excluding carboxylic acids is 2. The van der Waals surface area contributed by atoms with Gasteiger partial charge in [0.05, 0.1) is 0 Å². The Morgan fingerprint density at radius 1 is 1.28 bits per heavy atom. The first-order chi connectivity index (χ1) is 11.9. The molecule has 0 heterocycles. The van der Waals surface area contributed by atoms with E-state index in [9.17, 15) is 18.4 Å². The molecule has 0 bridgehead atoms. The molecule has 0 N–H and O–H groups in total. The number of benzene rings is 1. The molecule has 2 rings (SSSR count). The SMILES string of the molecule is C=C(C)C(=O)OC1=CCC/C(F)=C(\c2ccc(OC=O)cc2F)C=C1. The van der Waals surface area contributed by atoms with Crippen LogP contribution in [0.25, 0.3) is 5.57 Å². The van der Waals surface area contributed by atoms with Gasteiger partial charge in [0.1, 0.15) is 23.2 Å². The molecule has 1 aliphatic rings. The van der Waals surface area contributed by atoms with Crippen molar-refractivity contribution in [1.29, 1.82) is 0 Å². The lowest BCUT2D eigenvalue weighted by molar-refractivity contribution is -0.134. The molecule has 0 fully saturated rings. The lowest BCUT2D eigenvalue weighted by atomic mass is 10.00. The van der Waals surface area contributed by atoms with Gasteiger partial charge in [-0.3, -0.25) is 4.79 Å². The normalized spacial score (nSPS) is 17.2. The van der Waals surface area contributed by atoms with E-state index < -0.39 is 17.6 Å². The Hall–Kier alpha value is -3.02. The molecule has 25 heavy (non-hydrogen) atoms. The molecule has 1 aliphatic carbocycles. The monoisotopic (exact) mass is 346 g/mol. The topological polar surface area (TPSA) is 52.6 Å². The summed E-state index contributed by atoms with van der Waals surface area (Å²) in [7, 11) is 0. The fraction of sp³-hybridized carbons (Fsp3) is 0.158. The van der Waals surface area contributed by atoms with Gasteiger partial charge in [0, 0.05) is 29.2 Å². The number of esters is 1. The first-order valence-electron chi connectivity index (χ1n) is 7.47. The lowest BCUT2D eigenvalue weighted by Gasteiger charge is -2.12. The van der Waals surface area contributed by atoms with Gasteiger partial charge in [-0.05, 0) is 43.7 Å². The van der Waals surface area contributed by atoms with Crippen LogP contribution < -0.4 is 4.74 Å². The molecule has 0 saturated carbocycles. The minimum atomic E-state index is -0.737. The van der Waals surface area contributed by atoms with Crippen molar-refractivity contribution in [3.63, 3.8) is 0 Å². The fourth-order valence-corrected chi connectivity index (χ4v) is 2.15. The summed E-state index contributed by atoms with van der Waals surface area (Å²) in [5, 5.41) is 0. The maximum Gasteiger partial charge on any atom is 0.338 e. The van der Waals surface area contributed by atoms with E-state index in [1.807, 2.05) is 0 Å². The summed E-state index contributed by atoms with van der Waals surface area (Å²) in [6.45, 7) is 5.18. The van der Waals surface area contributed by atoms with Crippen LogP contribution in [0.3, 0.4) is 0 Å². The van der Waals surface area contributed by atoms with E-state index in [1.54, 1.807) is 6.08 Å². The van der Waals surface area contributed by atoms with E-state index in [4.69, 9.17) is 4.74 Å². The quantitative estimate of drug-likeness (QED) is 0.451. The van der Waals surface area contributed by atoms with Gasteiger partial charge in [-0.2, -0.15) is 0 Å². The van der Waals surface area contributed by atoms with Crippen LogP contribution in [0.15, 0.2) is 60.2 Å². The van der Waals surface area contributed by atoms with E-state index in [-0.39, 0.29) is 47.5 Å². The second kappa shape index (κ2) is 8.19. The Morgan fingerprint density at radius 3 is 2.68 bits per heavy atom. The zero-order valence-electron chi connectivity index (χ0n) is 13.6. The zero-order valence-corrected chi connectivity index (χ0v) is 13.6. The summed E-state index contributed by atoms with van der Waals surface area (Å²) in [4.78, 5) is 21.9. The smallest absolute Gasteiger partial charge is 0.338 e. The van der Waals surface area contributed by atoms with Crippen LogP contribution in [0.2, 0.25) is 0 Å². The van der Waals surface area contributed by atoms with E-state index in [0.717, 1.165) is 6.07 Å². The average molecular weight is 346 g/mol. The molecule has 0 unspecified atom stereocenters. The van der Waals surface area contributed by atoms with Gasteiger partial charge < -0.3 is 9.47 Å². The summed E-state index contributed by atoms with van der Waals surface area (Å²) < 4.78 is 38.3. The molecule has 0 atom stereocenters. The fourth-order valence-electron chi connectivity index (χ4n) is 2.15. The molecule has 0 aliphatic heterocycles. The molecule has 0 amide bonds. The standard InChI is InChI=1S/C19H16F2O4/c1-12(2)19(23)25-13-4-3-5-17(20)15(8-6-13)16-9-7-14(24-11-22)10-18(16)21/h4,6-11H,1,3,5H2,2H3/b8-6?,13-4?,17-15+. The van der Waals surface area contributed by atoms with Crippen molar-refractivity contribution in [2.75, 3.05) is 0 Å². The number of ether oxygens (including phenoxy) is 2. The Bertz CT molecular complexity index is 804. The number of hydrogen-bond donors (Lipinski definition) is 0. The molecule has 0 radical (unpaired) electrons. The molecule has 0 saturated heterocycles. The minimum absolute atomic E-state index is 0.0134. The molecular formula is C19H16F2O4. The van der Waals surface area contributed by atoms with E-state index in [1.165, 1.54) is 31.2 Å². The van der Waals surface area contributed by atoms with Crippen LogP contribution in [0, 0.1) is 5.82 Å². The Balaban J connectivity index is 2.32. The minimum Gasteiger partial charge on any atom is -0.429 e. The first kappa shape index (κ1) is 18.3.